The third kappa shape index (κ3) is 3.34. The number of fused-ring (bicyclic) bond motifs is 1. The van der Waals surface area contributed by atoms with Gasteiger partial charge >= 0.3 is 0 Å². The fourth-order valence-corrected chi connectivity index (χ4v) is 3.78. The Morgan fingerprint density at radius 3 is 3.15 bits per heavy atom. The van der Waals surface area contributed by atoms with E-state index in [1.807, 2.05) is 6.07 Å². The molecule has 6 heteroatoms. The highest BCUT2D eigenvalue weighted by Gasteiger charge is 2.24. The first-order valence-corrected chi connectivity index (χ1v) is 7.76. The van der Waals surface area contributed by atoms with Crippen molar-refractivity contribution in [2.45, 2.75) is 32.4 Å². The maximum atomic E-state index is 12.3. The fraction of sp³-hybridized carbons (Fsp3) is 0.643. The molecule has 1 saturated heterocycles. The van der Waals surface area contributed by atoms with Crippen molar-refractivity contribution in [2.75, 3.05) is 19.7 Å². The Morgan fingerprint density at radius 2 is 2.40 bits per heavy atom. The van der Waals surface area contributed by atoms with Crippen molar-refractivity contribution in [3.8, 4) is 0 Å². The zero-order valence-electron chi connectivity index (χ0n) is 11.6. The van der Waals surface area contributed by atoms with Gasteiger partial charge in [-0.1, -0.05) is 6.92 Å². The van der Waals surface area contributed by atoms with Gasteiger partial charge in [0.2, 0.25) is 0 Å². The van der Waals surface area contributed by atoms with Gasteiger partial charge in [0.1, 0.15) is 0 Å². The van der Waals surface area contributed by atoms with Gasteiger partial charge in [-0.05, 0) is 37.1 Å². The molecule has 0 radical (unpaired) electrons. The summed E-state index contributed by atoms with van der Waals surface area (Å²) in [7, 11) is 0. The topological polar surface area (TPSA) is 50.4 Å². The first-order valence-electron chi connectivity index (χ1n) is 6.95. The average molecular weight is 317 g/mol. The average Bonchev–Trinajstić information content (AvgIpc) is 2.85. The predicted octanol–water partition coefficient (Wildman–Crippen LogP) is 1.97. The molecule has 3 rings (SSSR count). The number of hydrogen-bond acceptors (Lipinski definition) is 4. The molecule has 1 amide bonds. The van der Waals surface area contributed by atoms with Gasteiger partial charge < -0.3 is 15.4 Å². The largest absolute Gasteiger partial charge is 0.376 e. The highest BCUT2D eigenvalue weighted by atomic mass is 35.5. The second-order valence-electron chi connectivity index (χ2n) is 5.41. The Balaban J connectivity index is 0.00000147. The summed E-state index contributed by atoms with van der Waals surface area (Å²) >= 11 is 1.63. The quantitative estimate of drug-likeness (QED) is 0.877. The van der Waals surface area contributed by atoms with Crippen molar-refractivity contribution in [2.24, 2.45) is 5.92 Å². The highest BCUT2D eigenvalue weighted by molar-refractivity contribution is 7.14. The minimum atomic E-state index is 0. The van der Waals surface area contributed by atoms with E-state index in [1.54, 1.807) is 11.3 Å². The smallest absolute Gasteiger partial charge is 0.261 e. The van der Waals surface area contributed by atoms with Crippen LogP contribution in [0.25, 0.3) is 0 Å². The molecule has 112 valence electrons. The van der Waals surface area contributed by atoms with E-state index in [4.69, 9.17) is 4.74 Å². The van der Waals surface area contributed by atoms with Crippen LogP contribution in [0.1, 0.15) is 33.5 Å². The number of thiophene rings is 1. The van der Waals surface area contributed by atoms with Gasteiger partial charge in [0, 0.05) is 17.3 Å². The molecule has 2 aliphatic rings. The summed E-state index contributed by atoms with van der Waals surface area (Å²) in [6, 6.07) is 2.30. The molecule has 4 nitrogen and oxygen atoms in total. The van der Waals surface area contributed by atoms with Crippen LogP contribution in [0.3, 0.4) is 0 Å². The van der Waals surface area contributed by atoms with Crippen LogP contribution in [-0.4, -0.2) is 31.6 Å². The van der Waals surface area contributed by atoms with Crippen molar-refractivity contribution in [3.63, 3.8) is 0 Å². The molecule has 1 fully saturated rings. The van der Waals surface area contributed by atoms with E-state index in [1.165, 1.54) is 10.4 Å². The summed E-state index contributed by atoms with van der Waals surface area (Å²) in [6.45, 7) is 5.59. The van der Waals surface area contributed by atoms with Crippen LogP contribution in [-0.2, 0) is 17.8 Å². The molecule has 2 unspecified atom stereocenters. The monoisotopic (exact) mass is 316 g/mol. The Kier molecular flexibility index (Phi) is 5.43. The number of amides is 1. The Bertz CT molecular complexity index is 454. The van der Waals surface area contributed by atoms with Gasteiger partial charge in [-0.3, -0.25) is 4.79 Å². The van der Waals surface area contributed by atoms with E-state index < -0.39 is 0 Å². The molecule has 0 spiro atoms. The van der Waals surface area contributed by atoms with Crippen LogP contribution in [0.5, 0.6) is 0 Å². The maximum absolute atomic E-state index is 12.3. The first kappa shape index (κ1) is 15.8. The Hall–Kier alpha value is -0.620. The predicted molar refractivity (Wildman–Crippen MR) is 82.8 cm³/mol. The molecule has 0 bridgehead atoms. The van der Waals surface area contributed by atoms with E-state index in [-0.39, 0.29) is 18.3 Å². The molecular formula is C14H21ClN2O2S. The van der Waals surface area contributed by atoms with E-state index in [0.717, 1.165) is 37.4 Å². The Labute approximate surface area is 129 Å². The molecule has 2 atom stereocenters. The number of ether oxygens (including phenoxy) is 1. The standard InChI is InChI=1S/C14H20N2O2S.ClH/c1-9-7-15-4-2-11(9)16-14(17)13-6-10-8-18-5-3-12(10)19-13;/h6,9,11,15H,2-5,7-8H2,1H3,(H,16,17);1H. The van der Waals surface area contributed by atoms with E-state index >= 15 is 0 Å². The van der Waals surface area contributed by atoms with E-state index in [0.29, 0.717) is 18.6 Å². The van der Waals surface area contributed by atoms with Crippen molar-refractivity contribution in [1.82, 2.24) is 10.6 Å². The highest BCUT2D eigenvalue weighted by Crippen LogP contribution is 2.27. The number of hydrogen-bond donors (Lipinski definition) is 2. The van der Waals surface area contributed by atoms with Gasteiger partial charge in [0.05, 0.1) is 18.1 Å². The molecule has 2 aliphatic heterocycles. The van der Waals surface area contributed by atoms with E-state index in [2.05, 4.69) is 17.6 Å². The minimum absolute atomic E-state index is 0. The summed E-state index contributed by atoms with van der Waals surface area (Å²) < 4.78 is 5.42. The fourth-order valence-electron chi connectivity index (χ4n) is 2.73. The lowest BCUT2D eigenvalue weighted by atomic mass is 9.95. The molecule has 0 aliphatic carbocycles. The van der Waals surface area contributed by atoms with Gasteiger partial charge in [-0.2, -0.15) is 0 Å². The molecule has 20 heavy (non-hydrogen) atoms. The zero-order valence-corrected chi connectivity index (χ0v) is 13.2. The number of piperidine rings is 1. The number of nitrogens with one attached hydrogen (secondary N) is 2. The third-order valence-electron chi connectivity index (χ3n) is 3.95. The maximum Gasteiger partial charge on any atom is 0.261 e. The number of halogens is 1. The first-order chi connectivity index (χ1) is 9.24. The molecule has 2 N–H and O–H groups in total. The van der Waals surface area contributed by atoms with Crippen molar-refractivity contribution in [1.29, 1.82) is 0 Å². The summed E-state index contributed by atoms with van der Waals surface area (Å²) in [5.74, 6) is 0.578. The van der Waals surface area contributed by atoms with Crippen LogP contribution in [0.15, 0.2) is 6.07 Å². The van der Waals surface area contributed by atoms with Crippen LogP contribution in [0, 0.1) is 5.92 Å². The molecular weight excluding hydrogens is 296 g/mol. The molecule has 1 aromatic rings. The summed E-state index contributed by atoms with van der Waals surface area (Å²) in [5.41, 5.74) is 1.19. The van der Waals surface area contributed by atoms with Gasteiger partial charge in [-0.15, -0.1) is 23.7 Å². The number of carbonyl (C=O) groups excluding carboxylic acids is 1. The lowest BCUT2D eigenvalue weighted by Crippen LogP contribution is -2.48. The van der Waals surface area contributed by atoms with Crippen molar-refractivity contribution >= 4 is 29.7 Å². The van der Waals surface area contributed by atoms with Crippen LogP contribution in [0.4, 0.5) is 0 Å². The molecule has 0 saturated carbocycles. The van der Waals surface area contributed by atoms with Gasteiger partial charge in [-0.25, -0.2) is 0 Å². The number of rotatable bonds is 2. The second kappa shape index (κ2) is 6.89. The normalized spacial score (nSPS) is 25.4. The lowest BCUT2D eigenvalue weighted by molar-refractivity contribution is 0.0918. The number of carbonyl (C=O) groups is 1. The SMILES string of the molecule is CC1CNCCC1NC(=O)c1cc2c(s1)CCOC2.Cl. The van der Waals surface area contributed by atoms with Crippen molar-refractivity contribution < 1.29 is 9.53 Å². The van der Waals surface area contributed by atoms with Crippen LogP contribution in [0.2, 0.25) is 0 Å². The minimum Gasteiger partial charge on any atom is -0.376 e. The van der Waals surface area contributed by atoms with Gasteiger partial charge in [0.15, 0.2) is 0 Å². The zero-order chi connectivity index (χ0) is 13.2. The van der Waals surface area contributed by atoms with Crippen LogP contribution >= 0.6 is 23.7 Å². The third-order valence-corrected chi connectivity index (χ3v) is 5.19. The van der Waals surface area contributed by atoms with E-state index in [9.17, 15) is 4.79 Å². The summed E-state index contributed by atoms with van der Waals surface area (Å²) in [5, 5.41) is 6.54. The lowest BCUT2D eigenvalue weighted by Gasteiger charge is -2.30. The Morgan fingerprint density at radius 1 is 1.55 bits per heavy atom. The van der Waals surface area contributed by atoms with Crippen molar-refractivity contribution in [3.05, 3.63) is 21.4 Å². The molecule has 1 aromatic heterocycles. The van der Waals surface area contributed by atoms with Crippen LogP contribution < -0.4 is 10.6 Å². The summed E-state index contributed by atoms with van der Waals surface area (Å²) in [4.78, 5) is 14.5. The molecule has 3 heterocycles. The second-order valence-corrected chi connectivity index (χ2v) is 6.55. The summed E-state index contributed by atoms with van der Waals surface area (Å²) in [6.07, 6.45) is 1.96. The van der Waals surface area contributed by atoms with Gasteiger partial charge in [0.25, 0.3) is 5.91 Å². The molecule has 0 aromatic carbocycles.